The zero-order valence-corrected chi connectivity index (χ0v) is 8.87. The molecule has 1 fully saturated rings. The van der Waals surface area contributed by atoms with Crippen molar-refractivity contribution >= 4 is 0 Å². The topological polar surface area (TPSA) is 21.3 Å². The van der Waals surface area contributed by atoms with Crippen LogP contribution < -0.4 is 5.32 Å². The van der Waals surface area contributed by atoms with Gasteiger partial charge >= 0.3 is 0 Å². The van der Waals surface area contributed by atoms with E-state index < -0.39 is 0 Å². The summed E-state index contributed by atoms with van der Waals surface area (Å²) >= 11 is 0. The summed E-state index contributed by atoms with van der Waals surface area (Å²) in [6.45, 7) is 3.95. The quantitative estimate of drug-likeness (QED) is 0.803. The van der Waals surface area contributed by atoms with Crippen LogP contribution in [0.3, 0.4) is 0 Å². The van der Waals surface area contributed by atoms with Crippen molar-refractivity contribution in [2.75, 3.05) is 13.2 Å². The first-order valence-electron chi connectivity index (χ1n) is 5.33. The molecule has 0 bridgehead atoms. The van der Waals surface area contributed by atoms with Gasteiger partial charge in [-0.2, -0.15) is 0 Å². The van der Waals surface area contributed by atoms with Gasteiger partial charge in [0.2, 0.25) is 0 Å². The van der Waals surface area contributed by atoms with Crippen LogP contribution in [-0.4, -0.2) is 19.4 Å². The van der Waals surface area contributed by atoms with Gasteiger partial charge < -0.3 is 4.74 Å². The lowest BCUT2D eigenvalue weighted by Gasteiger charge is -2.28. The van der Waals surface area contributed by atoms with Crippen LogP contribution in [-0.2, 0) is 11.2 Å². The van der Waals surface area contributed by atoms with Gasteiger partial charge in [-0.3, -0.25) is 5.32 Å². The molecule has 2 rings (SSSR count). The lowest BCUT2D eigenvalue weighted by atomic mass is 10.1. The van der Waals surface area contributed by atoms with E-state index in [2.05, 4.69) is 12.2 Å². The van der Waals surface area contributed by atoms with Crippen LogP contribution >= 0.6 is 0 Å². The zero-order chi connectivity index (χ0) is 10.7. The monoisotopic (exact) mass is 209 g/mol. The van der Waals surface area contributed by atoms with Crippen molar-refractivity contribution in [2.24, 2.45) is 5.92 Å². The van der Waals surface area contributed by atoms with E-state index in [1.54, 1.807) is 12.1 Å². The van der Waals surface area contributed by atoms with Gasteiger partial charge in [0.25, 0.3) is 0 Å². The van der Waals surface area contributed by atoms with E-state index in [1.807, 2.05) is 0 Å². The summed E-state index contributed by atoms with van der Waals surface area (Å²) < 4.78 is 18.3. The average molecular weight is 209 g/mol. The number of halogens is 1. The Hall–Kier alpha value is -0.930. The van der Waals surface area contributed by atoms with Crippen LogP contribution in [0.4, 0.5) is 4.39 Å². The predicted octanol–water partition coefficient (Wildman–Crippen LogP) is 1.95. The molecule has 82 valence electrons. The molecule has 0 aromatic heterocycles. The van der Waals surface area contributed by atoms with Crippen LogP contribution in [0.15, 0.2) is 24.3 Å². The second-order valence-electron chi connectivity index (χ2n) is 4.17. The Labute approximate surface area is 89.4 Å². The SMILES string of the molecule is CC1CNC(Cc2ccc(F)cc2)OC1. The molecule has 1 aromatic carbocycles. The van der Waals surface area contributed by atoms with Crippen LogP contribution in [0.1, 0.15) is 12.5 Å². The van der Waals surface area contributed by atoms with Crippen molar-refractivity contribution in [3.05, 3.63) is 35.6 Å². The molecular weight excluding hydrogens is 193 g/mol. The predicted molar refractivity (Wildman–Crippen MR) is 57.0 cm³/mol. The van der Waals surface area contributed by atoms with E-state index in [0.29, 0.717) is 5.92 Å². The van der Waals surface area contributed by atoms with Gasteiger partial charge in [-0.05, 0) is 23.6 Å². The first-order chi connectivity index (χ1) is 7.24. The van der Waals surface area contributed by atoms with Gasteiger partial charge in [-0.25, -0.2) is 4.39 Å². The number of ether oxygens (including phenoxy) is 1. The first kappa shape index (κ1) is 10.6. The maximum Gasteiger partial charge on any atom is 0.123 e. The van der Waals surface area contributed by atoms with Crippen LogP contribution in [0.25, 0.3) is 0 Å². The summed E-state index contributed by atoms with van der Waals surface area (Å²) in [6.07, 6.45) is 0.874. The summed E-state index contributed by atoms with van der Waals surface area (Å²) in [5.74, 6) is 0.388. The van der Waals surface area contributed by atoms with E-state index in [0.717, 1.165) is 25.1 Å². The molecule has 1 saturated heterocycles. The molecule has 1 N–H and O–H groups in total. The minimum absolute atomic E-state index is 0.0756. The minimum atomic E-state index is -0.190. The second kappa shape index (κ2) is 4.73. The highest BCUT2D eigenvalue weighted by Gasteiger charge is 2.17. The van der Waals surface area contributed by atoms with Crippen LogP contribution in [0, 0.1) is 11.7 Å². The molecule has 2 unspecified atom stereocenters. The van der Waals surface area contributed by atoms with Crippen molar-refractivity contribution in [2.45, 2.75) is 19.6 Å². The van der Waals surface area contributed by atoms with E-state index in [1.165, 1.54) is 12.1 Å². The molecule has 0 saturated carbocycles. The Morgan fingerprint density at radius 1 is 1.40 bits per heavy atom. The lowest BCUT2D eigenvalue weighted by Crippen LogP contribution is -2.43. The van der Waals surface area contributed by atoms with Crippen LogP contribution in [0.5, 0.6) is 0 Å². The third kappa shape index (κ3) is 3.01. The zero-order valence-electron chi connectivity index (χ0n) is 8.87. The first-order valence-corrected chi connectivity index (χ1v) is 5.33. The van der Waals surface area contributed by atoms with E-state index in [4.69, 9.17) is 4.74 Å². The summed E-state index contributed by atoms with van der Waals surface area (Å²) in [7, 11) is 0. The molecule has 15 heavy (non-hydrogen) atoms. The maximum absolute atomic E-state index is 12.7. The number of nitrogens with one attached hydrogen (secondary N) is 1. The van der Waals surface area contributed by atoms with Gasteiger partial charge in [0.15, 0.2) is 0 Å². The van der Waals surface area contributed by atoms with Crippen molar-refractivity contribution in [1.29, 1.82) is 0 Å². The molecule has 0 spiro atoms. The summed E-state index contributed by atoms with van der Waals surface area (Å²) in [5.41, 5.74) is 1.10. The highest BCUT2D eigenvalue weighted by Crippen LogP contribution is 2.10. The number of benzene rings is 1. The highest BCUT2D eigenvalue weighted by atomic mass is 19.1. The molecule has 1 aliphatic rings. The van der Waals surface area contributed by atoms with E-state index in [9.17, 15) is 4.39 Å². The smallest absolute Gasteiger partial charge is 0.123 e. The standard InChI is InChI=1S/C12H16FNO/c1-9-7-14-12(15-8-9)6-10-2-4-11(13)5-3-10/h2-5,9,12,14H,6-8H2,1H3. The Balaban J connectivity index is 1.89. The molecule has 0 aliphatic carbocycles. The summed E-state index contributed by atoms with van der Waals surface area (Å²) in [4.78, 5) is 0. The third-order valence-corrected chi connectivity index (χ3v) is 2.61. The van der Waals surface area contributed by atoms with Crippen molar-refractivity contribution in [3.8, 4) is 0 Å². The molecule has 1 heterocycles. The second-order valence-corrected chi connectivity index (χ2v) is 4.17. The fourth-order valence-corrected chi connectivity index (χ4v) is 1.70. The number of rotatable bonds is 2. The molecule has 1 aliphatic heterocycles. The normalized spacial score (nSPS) is 26.5. The number of hydrogen-bond acceptors (Lipinski definition) is 2. The largest absolute Gasteiger partial charge is 0.363 e. The fourth-order valence-electron chi connectivity index (χ4n) is 1.70. The average Bonchev–Trinajstić information content (AvgIpc) is 2.25. The van der Waals surface area contributed by atoms with Gasteiger partial charge in [0, 0.05) is 13.0 Å². The van der Waals surface area contributed by atoms with E-state index >= 15 is 0 Å². The molecule has 1 aromatic rings. The summed E-state index contributed by atoms with van der Waals surface area (Å²) in [6, 6.07) is 6.58. The third-order valence-electron chi connectivity index (χ3n) is 2.61. The number of hydrogen-bond donors (Lipinski definition) is 1. The minimum Gasteiger partial charge on any atom is -0.363 e. The van der Waals surface area contributed by atoms with Gasteiger partial charge in [-0.1, -0.05) is 19.1 Å². The van der Waals surface area contributed by atoms with Gasteiger partial charge in [-0.15, -0.1) is 0 Å². The van der Waals surface area contributed by atoms with Gasteiger partial charge in [0.05, 0.1) is 6.61 Å². The van der Waals surface area contributed by atoms with Crippen molar-refractivity contribution in [3.63, 3.8) is 0 Å². The van der Waals surface area contributed by atoms with Gasteiger partial charge in [0.1, 0.15) is 12.0 Å². The van der Waals surface area contributed by atoms with Crippen molar-refractivity contribution < 1.29 is 9.13 Å². The molecule has 0 amide bonds. The molecule has 2 nitrogen and oxygen atoms in total. The Morgan fingerprint density at radius 2 is 2.13 bits per heavy atom. The molecule has 2 atom stereocenters. The lowest BCUT2D eigenvalue weighted by molar-refractivity contribution is -0.0228. The Kier molecular flexibility index (Phi) is 3.34. The van der Waals surface area contributed by atoms with Crippen LogP contribution in [0.2, 0.25) is 0 Å². The Bertz CT molecular complexity index is 304. The molecule has 3 heteroatoms. The molecular formula is C12H16FNO. The maximum atomic E-state index is 12.7. The van der Waals surface area contributed by atoms with E-state index in [-0.39, 0.29) is 12.0 Å². The molecule has 0 radical (unpaired) electrons. The Morgan fingerprint density at radius 3 is 2.73 bits per heavy atom. The van der Waals surface area contributed by atoms with Crippen molar-refractivity contribution in [1.82, 2.24) is 5.32 Å². The summed E-state index contributed by atoms with van der Waals surface area (Å²) in [5, 5.41) is 3.32. The fraction of sp³-hybridized carbons (Fsp3) is 0.500. The highest BCUT2D eigenvalue weighted by molar-refractivity contribution is 5.16.